The molecule has 0 amide bonds. The average molecular weight is 247 g/mol. The van der Waals surface area contributed by atoms with Crippen LogP contribution in [0.5, 0.6) is 0 Å². The Hall–Kier alpha value is -0.920. The summed E-state index contributed by atoms with van der Waals surface area (Å²) in [6.45, 7) is 4.86. The molecule has 0 radical (unpaired) electrons. The minimum atomic E-state index is -3.61. The zero-order chi connectivity index (χ0) is 12.3. The van der Waals surface area contributed by atoms with E-state index < -0.39 is 16.1 Å². The van der Waals surface area contributed by atoms with Crippen LogP contribution in [0.2, 0.25) is 0 Å². The minimum Gasteiger partial charge on any atom is -0.395 e. The topological polar surface area (TPSA) is 95.1 Å². The molecular weight excluding hydrogens is 230 g/mol. The van der Waals surface area contributed by atoms with Crippen LogP contribution in [0.25, 0.3) is 0 Å². The number of rotatable bonds is 5. The highest BCUT2D eigenvalue weighted by Gasteiger charge is 2.24. The van der Waals surface area contributed by atoms with E-state index in [0.717, 1.165) is 0 Å². The normalized spacial score (nSPS) is 14.0. The van der Waals surface area contributed by atoms with Gasteiger partial charge in [0.15, 0.2) is 0 Å². The summed E-state index contributed by atoms with van der Waals surface area (Å²) in [5.41, 5.74) is 0.926. The zero-order valence-corrected chi connectivity index (χ0v) is 10.4. The Kier molecular flexibility index (Phi) is 4.06. The highest BCUT2D eigenvalue weighted by atomic mass is 32.2. The van der Waals surface area contributed by atoms with Gasteiger partial charge in [0.25, 0.3) is 0 Å². The SMILES string of the molecule is CCC(CO)NS(=O)(=O)c1c(C)n[nH]c1C. The molecule has 16 heavy (non-hydrogen) atoms. The molecular formula is C9H17N3O3S. The van der Waals surface area contributed by atoms with E-state index in [4.69, 9.17) is 5.11 Å². The predicted molar refractivity (Wildman–Crippen MR) is 59.5 cm³/mol. The Labute approximate surface area is 95.1 Å². The third-order valence-electron chi connectivity index (χ3n) is 2.36. The predicted octanol–water partition coefficient (Wildman–Crippen LogP) is 0.0757. The second-order valence-corrected chi connectivity index (χ2v) is 5.32. The zero-order valence-electron chi connectivity index (χ0n) is 9.61. The Bertz CT molecular complexity index is 429. The molecule has 0 saturated heterocycles. The smallest absolute Gasteiger partial charge is 0.244 e. The van der Waals surface area contributed by atoms with Crippen molar-refractivity contribution in [2.45, 2.75) is 38.1 Å². The van der Waals surface area contributed by atoms with E-state index in [2.05, 4.69) is 14.9 Å². The van der Waals surface area contributed by atoms with Crippen LogP contribution in [0.4, 0.5) is 0 Å². The van der Waals surface area contributed by atoms with Gasteiger partial charge in [0.05, 0.1) is 18.0 Å². The van der Waals surface area contributed by atoms with Crippen LogP contribution in [0.3, 0.4) is 0 Å². The monoisotopic (exact) mass is 247 g/mol. The minimum absolute atomic E-state index is 0.166. The number of hydrogen-bond donors (Lipinski definition) is 3. The van der Waals surface area contributed by atoms with Crippen LogP contribution in [0.1, 0.15) is 24.7 Å². The molecule has 3 N–H and O–H groups in total. The number of aromatic nitrogens is 2. The summed E-state index contributed by atoms with van der Waals surface area (Å²) >= 11 is 0. The fourth-order valence-corrected chi connectivity index (χ4v) is 3.15. The molecule has 0 bridgehead atoms. The maximum Gasteiger partial charge on any atom is 0.244 e. The molecule has 0 saturated carbocycles. The van der Waals surface area contributed by atoms with Crippen LogP contribution in [0.15, 0.2) is 4.90 Å². The van der Waals surface area contributed by atoms with Crippen molar-refractivity contribution in [2.24, 2.45) is 0 Å². The van der Waals surface area contributed by atoms with E-state index >= 15 is 0 Å². The van der Waals surface area contributed by atoms with Gasteiger partial charge in [0, 0.05) is 6.04 Å². The summed E-state index contributed by atoms with van der Waals surface area (Å²) in [6.07, 6.45) is 0.533. The van der Waals surface area contributed by atoms with Gasteiger partial charge in [-0.25, -0.2) is 13.1 Å². The summed E-state index contributed by atoms with van der Waals surface area (Å²) in [5, 5.41) is 15.4. The summed E-state index contributed by atoms with van der Waals surface area (Å²) in [6, 6.07) is -0.460. The van der Waals surface area contributed by atoms with Gasteiger partial charge in [-0.3, -0.25) is 5.10 Å². The van der Waals surface area contributed by atoms with Crippen molar-refractivity contribution in [3.63, 3.8) is 0 Å². The Balaban J connectivity index is 3.03. The highest BCUT2D eigenvalue weighted by molar-refractivity contribution is 7.89. The van der Waals surface area contributed by atoms with E-state index in [-0.39, 0.29) is 11.5 Å². The van der Waals surface area contributed by atoms with Crippen LogP contribution >= 0.6 is 0 Å². The molecule has 0 fully saturated rings. The van der Waals surface area contributed by atoms with Crippen molar-refractivity contribution in [3.8, 4) is 0 Å². The summed E-state index contributed by atoms with van der Waals surface area (Å²) in [7, 11) is -3.61. The molecule has 0 aliphatic rings. The lowest BCUT2D eigenvalue weighted by Gasteiger charge is -2.14. The van der Waals surface area contributed by atoms with Crippen LogP contribution in [-0.2, 0) is 10.0 Å². The lowest BCUT2D eigenvalue weighted by atomic mass is 10.3. The highest BCUT2D eigenvalue weighted by Crippen LogP contribution is 2.16. The number of H-pyrrole nitrogens is 1. The molecule has 0 aliphatic carbocycles. The quantitative estimate of drug-likeness (QED) is 0.686. The molecule has 1 unspecified atom stereocenters. The summed E-state index contributed by atoms with van der Waals surface area (Å²) in [5.74, 6) is 0. The number of hydrogen-bond acceptors (Lipinski definition) is 4. The second-order valence-electron chi connectivity index (χ2n) is 3.67. The second kappa shape index (κ2) is 4.94. The number of nitrogens with zero attached hydrogens (tertiary/aromatic N) is 1. The molecule has 1 aromatic rings. The van der Waals surface area contributed by atoms with Gasteiger partial charge in [0.2, 0.25) is 10.0 Å². The maximum absolute atomic E-state index is 12.0. The first-order valence-electron chi connectivity index (χ1n) is 5.07. The largest absolute Gasteiger partial charge is 0.395 e. The van der Waals surface area contributed by atoms with E-state index in [1.165, 1.54) is 0 Å². The summed E-state index contributed by atoms with van der Waals surface area (Å²) in [4.78, 5) is 0.166. The molecule has 1 rings (SSSR count). The average Bonchev–Trinajstić information content (AvgIpc) is 2.55. The van der Waals surface area contributed by atoms with Gasteiger partial charge in [-0.1, -0.05) is 6.92 Å². The standard InChI is InChI=1S/C9H17N3O3S/c1-4-8(5-13)12-16(14,15)9-6(2)10-11-7(9)3/h8,12-13H,4-5H2,1-3H3,(H,10,11). The Morgan fingerprint density at radius 1 is 1.50 bits per heavy atom. The van der Waals surface area contributed by atoms with E-state index in [1.807, 2.05) is 0 Å². The third-order valence-corrected chi connectivity index (χ3v) is 4.15. The molecule has 7 heteroatoms. The van der Waals surface area contributed by atoms with Crippen molar-refractivity contribution in [2.75, 3.05) is 6.61 Å². The van der Waals surface area contributed by atoms with Crippen LogP contribution in [0, 0.1) is 13.8 Å². The molecule has 6 nitrogen and oxygen atoms in total. The van der Waals surface area contributed by atoms with Crippen LogP contribution < -0.4 is 4.72 Å². The van der Waals surface area contributed by atoms with Crippen molar-refractivity contribution in [1.82, 2.24) is 14.9 Å². The molecule has 1 heterocycles. The number of aromatic amines is 1. The number of nitrogens with one attached hydrogen (secondary N) is 2. The Morgan fingerprint density at radius 3 is 2.50 bits per heavy atom. The number of aliphatic hydroxyl groups excluding tert-OH is 1. The molecule has 0 spiro atoms. The van der Waals surface area contributed by atoms with Gasteiger partial charge < -0.3 is 5.11 Å². The molecule has 1 atom stereocenters. The van der Waals surface area contributed by atoms with Gasteiger partial charge in [0.1, 0.15) is 4.90 Å². The van der Waals surface area contributed by atoms with Gasteiger partial charge in [-0.15, -0.1) is 0 Å². The first-order chi connectivity index (χ1) is 7.42. The molecule has 92 valence electrons. The van der Waals surface area contributed by atoms with Crippen molar-refractivity contribution < 1.29 is 13.5 Å². The maximum atomic E-state index is 12.0. The van der Waals surface area contributed by atoms with Gasteiger partial charge in [-0.2, -0.15) is 5.10 Å². The molecule has 0 aromatic carbocycles. The van der Waals surface area contributed by atoms with Gasteiger partial charge >= 0.3 is 0 Å². The fourth-order valence-electron chi connectivity index (χ4n) is 1.46. The molecule has 0 aliphatic heterocycles. The number of aliphatic hydroxyl groups is 1. The van der Waals surface area contributed by atoms with Crippen molar-refractivity contribution >= 4 is 10.0 Å². The Morgan fingerprint density at radius 2 is 2.12 bits per heavy atom. The first-order valence-corrected chi connectivity index (χ1v) is 6.55. The van der Waals surface area contributed by atoms with E-state index in [0.29, 0.717) is 17.8 Å². The lowest BCUT2D eigenvalue weighted by Crippen LogP contribution is -2.37. The molecule has 1 aromatic heterocycles. The first kappa shape index (κ1) is 13.1. The van der Waals surface area contributed by atoms with Gasteiger partial charge in [-0.05, 0) is 20.3 Å². The van der Waals surface area contributed by atoms with Crippen molar-refractivity contribution in [1.29, 1.82) is 0 Å². The fraction of sp³-hybridized carbons (Fsp3) is 0.667. The third kappa shape index (κ3) is 2.60. The number of aryl methyl sites for hydroxylation is 2. The number of sulfonamides is 1. The van der Waals surface area contributed by atoms with Crippen molar-refractivity contribution in [3.05, 3.63) is 11.4 Å². The van der Waals surface area contributed by atoms with E-state index in [1.54, 1.807) is 20.8 Å². The van der Waals surface area contributed by atoms with Crippen LogP contribution in [-0.4, -0.2) is 36.4 Å². The lowest BCUT2D eigenvalue weighted by molar-refractivity contribution is 0.254. The summed E-state index contributed by atoms with van der Waals surface area (Å²) < 4.78 is 26.4. The van der Waals surface area contributed by atoms with E-state index in [9.17, 15) is 8.42 Å².